The third-order valence-electron chi connectivity index (χ3n) is 5.55. The van der Waals surface area contributed by atoms with E-state index in [0.29, 0.717) is 28.5 Å². The monoisotopic (exact) mass is 409 g/mol. The molecule has 29 heavy (non-hydrogen) atoms. The summed E-state index contributed by atoms with van der Waals surface area (Å²) in [6.45, 7) is 0. The minimum Gasteiger partial charge on any atom is -0.354 e. The van der Waals surface area contributed by atoms with Crippen LogP contribution in [0.3, 0.4) is 0 Å². The van der Waals surface area contributed by atoms with E-state index in [0.717, 1.165) is 23.4 Å². The van der Waals surface area contributed by atoms with Gasteiger partial charge in [-0.2, -0.15) is 0 Å². The van der Waals surface area contributed by atoms with Crippen molar-refractivity contribution in [1.29, 1.82) is 0 Å². The van der Waals surface area contributed by atoms with Crippen molar-refractivity contribution in [2.24, 2.45) is 13.0 Å². The molecule has 3 aromatic rings. The van der Waals surface area contributed by atoms with Gasteiger partial charge in [-0.3, -0.25) is 19.4 Å². The van der Waals surface area contributed by atoms with Crippen LogP contribution in [0.4, 0.5) is 17.2 Å². The van der Waals surface area contributed by atoms with Crippen molar-refractivity contribution in [2.45, 2.75) is 36.5 Å². The Labute approximate surface area is 172 Å². The number of thioether (sulfide) groups is 1. The average molecular weight is 410 g/mol. The Morgan fingerprint density at radius 1 is 1.21 bits per heavy atom. The maximum absolute atomic E-state index is 12.7. The minimum atomic E-state index is -0.157. The van der Waals surface area contributed by atoms with Crippen LogP contribution in [0.25, 0.3) is 11.0 Å². The number of H-pyrrole nitrogens is 1. The number of hydrogen-bond donors (Lipinski definition) is 3. The Bertz CT molecular complexity index is 1170. The summed E-state index contributed by atoms with van der Waals surface area (Å²) in [6, 6.07) is 8.21. The number of rotatable bonds is 6. The van der Waals surface area contributed by atoms with Crippen LogP contribution in [-0.4, -0.2) is 26.9 Å². The molecule has 2 aromatic heterocycles. The number of pyridine rings is 1. The summed E-state index contributed by atoms with van der Waals surface area (Å²) in [5.74, 6) is 1.19. The fourth-order valence-electron chi connectivity index (χ4n) is 3.58. The summed E-state index contributed by atoms with van der Waals surface area (Å²) >= 11 is 1.68. The maximum Gasteiger partial charge on any atom is 0.277 e. The Morgan fingerprint density at radius 3 is 2.69 bits per heavy atom. The first-order valence-electron chi connectivity index (χ1n) is 9.89. The molecule has 5 rings (SSSR count). The van der Waals surface area contributed by atoms with Crippen molar-refractivity contribution < 1.29 is 4.79 Å². The summed E-state index contributed by atoms with van der Waals surface area (Å²) in [4.78, 5) is 30.4. The molecule has 0 saturated heterocycles. The second kappa shape index (κ2) is 6.95. The van der Waals surface area contributed by atoms with Gasteiger partial charge in [-0.25, -0.2) is 4.98 Å². The first-order valence-corrected chi connectivity index (χ1v) is 11.1. The predicted octanol–water partition coefficient (Wildman–Crippen LogP) is 3.95. The quantitative estimate of drug-likeness (QED) is 0.536. The molecule has 0 bridgehead atoms. The summed E-state index contributed by atoms with van der Waals surface area (Å²) in [7, 11) is 1.66. The lowest BCUT2D eigenvalue weighted by atomic mass is 10.1. The SMILES string of the molecule is CSc1cc(C2CC2)ccc1Nc1cc(NC(=O)C2CC2)nc2[nH]n(C)c(=O)c12. The van der Waals surface area contributed by atoms with Crippen molar-refractivity contribution in [3.63, 3.8) is 0 Å². The summed E-state index contributed by atoms with van der Waals surface area (Å²) < 4.78 is 1.40. The van der Waals surface area contributed by atoms with Crippen LogP contribution in [0.1, 0.15) is 37.2 Å². The Morgan fingerprint density at radius 2 is 2.00 bits per heavy atom. The molecule has 2 aliphatic carbocycles. The second-order valence-corrected chi connectivity index (χ2v) is 8.73. The standard InChI is InChI=1S/C21H23N5O2S/c1-26-21(28)18-15(10-17(23-19(18)25-26)24-20(27)12-5-6-12)22-14-8-7-13(11-3-4-11)9-16(14)29-2/h7-12H,3-6H2,1-2H3,(H3,22,23,24,25,27). The molecule has 0 spiro atoms. The van der Waals surface area contributed by atoms with Crippen LogP contribution >= 0.6 is 11.8 Å². The van der Waals surface area contributed by atoms with E-state index < -0.39 is 0 Å². The van der Waals surface area contributed by atoms with Crippen LogP contribution in [0.2, 0.25) is 0 Å². The fraction of sp³-hybridized carbons (Fsp3) is 0.381. The van der Waals surface area contributed by atoms with Crippen molar-refractivity contribution in [1.82, 2.24) is 14.8 Å². The van der Waals surface area contributed by atoms with Crippen LogP contribution in [0.5, 0.6) is 0 Å². The lowest BCUT2D eigenvalue weighted by Gasteiger charge is -2.14. The number of carbonyl (C=O) groups is 1. The van der Waals surface area contributed by atoms with Crippen molar-refractivity contribution in [2.75, 3.05) is 16.9 Å². The van der Waals surface area contributed by atoms with E-state index in [1.165, 1.54) is 23.1 Å². The minimum absolute atomic E-state index is 0.0142. The van der Waals surface area contributed by atoms with Crippen molar-refractivity contribution in [3.05, 3.63) is 40.2 Å². The molecule has 7 nitrogen and oxygen atoms in total. The molecule has 2 heterocycles. The smallest absolute Gasteiger partial charge is 0.277 e. The normalized spacial score (nSPS) is 16.2. The van der Waals surface area contributed by atoms with Gasteiger partial charge in [0, 0.05) is 23.9 Å². The van der Waals surface area contributed by atoms with Gasteiger partial charge in [0.15, 0.2) is 5.65 Å². The molecule has 0 radical (unpaired) electrons. The summed E-state index contributed by atoms with van der Waals surface area (Å²) in [5, 5.41) is 9.76. The largest absolute Gasteiger partial charge is 0.354 e. The second-order valence-electron chi connectivity index (χ2n) is 7.88. The van der Waals surface area contributed by atoms with E-state index in [9.17, 15) is 9.59 Å². The van der Waals surface area contributed by atoms with E-state index >= 15 is 0 Å². The van der Waals surface area contributed by atoms with Gasteiger partial charge in [0.1, 0.15) is 11.2 Å². The highest BCUT2D eigenvalue weighted by Crippen LogP contribution is 2.43. The molecule has 2 saturated carbocycles. The number of benzene rings is 1. The number of anilines is 3. The van der Waals surface area contributed by atoms with Gasteiger partial charge in [-0.15, -0.1) is 11.8 Å². The van der Waals surface area contributed by atoms with Gasteiger partial charge in [0.2, 0.25) is 5.91 Å². The number of fused-ring (bicyclic) bond motifs is 1. The van der Waals surface area contributed by atoms with Crippen molar-refractivity contribution >= 4 is 45.9 Å². The van der Waals surface area contributed by atoms with E-state index in [2.05, 4.69) is 45.2 Å². The van der Waals surface area contributed by atoms with E-state index in [1.807, 2.05) is 0 Å². The third-order valence-corrected chi connectivity index (χ3v) is 6.33. The predicted molar refractivity (Wildman–Crippen MR) is 116 cm³/mol. The molecular weight excluding hydrogens is 386 g/mol. The van der Waals surface area contributed by atoms with E-state index in [4.69, 9.17) is 0 Å². The number of nitrogens with zero attached hydrogens (tertiary/aromatic N) is 2. The van der Waals surface area contributed by atoms with Crippen LogP contribution in [-0.2, 0) is 11.8 Å². The van der Waals surface area contributed by atoms with Gasteiger partial charge >= 0.3 is 0 Å². The molecule has 8 heteroatoms. The zero-order valence-corrected chi connectivity index (χ0v) is 17.2. The molecule has 2 fully saturated rings. The highest BCUT2D eigenvalue weighted by molar-refractivity contribution is 7.98. The highest BCUT2D eigenvalue weighted by Gasteiger charge is 2.30. The number of carbonyl (C=O) groups excluding carboxylic acids is 1. The molecule has 3 N–H and O–H groups in total. The number of nitrogens with one attached hydrogen (secondary N) is 3. The van der Waals surface area contributed by atoms with Crippen LogP contribution < -0.4 is 16.2 Å². The maximum atomic E-state index is 12.7. The van der Waals surface area contributed by atoms with Gasteiger partial charge in [0.05, 0.1) is 11.4 Å². The molecule has 150 valence electrons. The molecule has 0 atom stereocenters. The molecule has 1 amide bonds. The molecule has 1 aromatic carbocycles. The van der Waals surface area contributed by atoms with Gasteiger partial charge in [-0.05, 0) is 55.6 Å². The molecule has 0 unspecified atom stereocenters. The summed E-state index contributed by atoms with van der Waals surface area (Å²) in [6.07, 6.45) is 6.41. The lowest BCUT2D eigenvalue weighted by Crippen LogP contribution is -2.15. The average Bonchev–Trinajstić information content (AvgIpc) is 3.61. The van der Waals surface area contributed by atoms with Gasteiger partial charge in [0.25, 0.3) is 5.56 Å². The number of hydrogen-bond acceptors (Lipinski definition) is 5. The molecule has 2 aliphatic rings. The highest BCUT2D eigenvalue weighted by atomic mass is 32.2. The number of amides is 1. The molecule has 0 aliphatic heterocycles. The lowest BCUT2D eigenvalue weighted by molar-refractivity contribution is -0.117. The Kier molecular flexibility index (Phi) is 4.38. The zero-order valence-electron chi connectivity index (χ0n) is 16.4. The zero-order chi connectivity index (χ0) is 20.1. The van der Waals surface area contributed by atoms with E-state index in [-0.39, 0.29) is 17.4 Å². The fourth-order valence-corrected chi connectivity index (χ4v) is 4.18. The first-order chi connectivity index (χ1) is 14.0. The third kappa shape index (κ3) is 3.53. The number of aryl methyl sites for hydroxylation is 1. The Hall–Kier alpha value is -2.74. The number of aromatic amines is 1. The molecular formula is C21H23N5O2S. The summed E-state index contributed by atoms with van der Waals surface area (Å²) in [5.41, 5.74) is 3.24. The van der Waals surface area contributed by atoms with Crippen LogP contribution in [0, 0.1) is 5.92 Å². The van der Waals surface area contributed by atoms with Crippen LogP contribution in [0.15, 0.2) is 34.0 Å². The Balaban J connectivity index is 1.55. The van der Waals surface area contributed by atoms with Gasteiger partial charge in [-0.1, -0.05) is 6.07 Å². The van der Waals surface area contributed by atoms with Gasteiger partial charge < -0.3 is 10.6 Å². The van der Waals surface area contributed by atoms with Crippen molar-refractivity contribution in [3.8, 4) is 0 Å². The van der Waals surface area contributed by atoms with E-state index in [1.54, 1.807) is 24.9 Å². The number of aromatic nitrogens is 3. The first kappa shape index (κ1) is 18.3. The topological polar surface area (TPSA) is 91.8 Å².